The molecular weight excluding hydrogens is 324 g/mol. The first-order chi connectivity index (χ1) is 11.5. The number of halogens is 1. The fourth-order valence-corrected chi connectivity index (χ4v) is 3.02. The SMILES string of the molecule is CC(C)[C@H](N)C(=O)NCCCN1CCN(c2cccc(Cl)c2)CC1. The molecule has 5 nitrogen and oxygen atoms in total. The van der Waals surface area contributed by atoms with Gasteiger partial charge in [-0.1, -0.05) is 31.5 Å². The van der Waals surface area contributed by atoms with Gasteiger partial charge >= 0.3 is 0 Å². The summed E-state index contributed by atoms with van der Waals surface area (Å²) in [6.07, 6.45) is 0.952. The van der Waals surface area contributed by atoms with Gasteiger partial charge in [-0.3, -0.25) is 9.69 Å². The second kappa shape index (κ2) is 9.25. The minimum absolute atomic E-state index is 0.0456. The lowest BCUT2D eigenvalue weighted by molar-refractivity contribution is -0.123. The Bertz CT molecular complexity index is 530. The second-order valence-corrected chi connectivity index (χ2v) is 7.16. The number of piperazine rings is 1. The number of anilines is 1. The van der Waals surface area contributed by atoms with Gasteiger partial charge in [0.2, 0.25) is 5.91 Å². The number of benzene rings is 1. The van der Waals surface area contributed by atoms with Gasteiger partial charge < -0.3 is 16.0 Å². The summed E-state index contributed by atoms with van der Waals surface area (Å²) in [5.74, 6) is 0.125. The van der Waals surface area contributed by atoms with Crippen LogP contribution in [0.2, 0.25) is 5.02 Å². The van der Waals surface area contributed by atoms with Crippen LogP contribution >= 0.6 is 11.6 Å². The molecule has 1 atom stereocenters. The van der Waals surface area contributed by atoms with E-state index in [1.54, 1.807) is 0 Å². The number of hydrogen-bond donors (Lipinski definition) is 2. The Morgan fingerprint density at radius 1 is 1.29 bits per heavy atom. The van der Waals surface area contributed by atoms with Crippen LogP contribution in [0.3, 0.4) is 0 Å². The zero-order valence-corrected chi connectivity index (χ0v) is 15.4. The third-order valence-corrected chi connectivity index (χ3v) is 4.75. The van der Waals surface area contributed by atoms with Crippen LogP contribution in [-0.4, -0.2) is 56.1 Å². The molecule has 24 heavy (non-hydrogen) atoms. The highest BCUT2D eigenvalue weighted by atomic mass is 35.5. The topological polar surface area (TPSA) is 61.6 Å². The number of amides is 1. The molecule has 0 bridgehead atoms. The summed E-state index contributed by atoms with van der Waals surface area (Å²) in [4.78, 5) is 16.6. The van der Waals surface area contributed by atoms with Gasteiger partial charge in [-0.15, -0.1) is 0 Å². The molecular formula is C18H29ClN4O. The van der Waals surface area contributed by atoms with Crippen LogP contribution in [0, 0.1) is 5.92 Å². The highest BCUT2D eigenvalue weighted by Crippen LogP contribution is 2.20. The van der Waals surface area contributed by atoms with Crippen LogP contribution in [0.1, 0.15) is 20.3 Å². The van der Waals surface area contributed by atoms with Gasteiger partial charge in [-0.25, -0.2) is 0 Å². The zero-order valence-electron chi connectivity index (χ0n) is 14.7. The predicted molar refractivity (Wildman–Crippen MR) is 101 cm³/mol. The molecule has 0 radical (unpaired) electrons. The van der Waals surface area contributed by atoms with Gasteiger partial charge in [-0.2, -0.15) is 0 Å². The first kappa shape index (κ1) is 19.0. The molecule has 1 aromatic carbocycles. The predicted octanol–water partition coefficient (Wildman–Crippen LogP) is 1.95. The van der Waals surface area contributed by atoms with Gasteiger partial charge in [-0.05, 0) is 37.1 Å². The number of nitrogens with two attached hydrogens (primary N) is 1. The molecule has 0 saturated carbocycles. The van der Waals surface area contributed by atoms with Crippen molar-refractivity contribution in [3.05, 3.63) is 29.3 Å². The van der Waals surface area contributed by atoms with E-state index in [9.17, 15) is 4.79 Å². The highest BCUT2D eigenvalue weighted by Gasteiger charge is 2.18. The molecule has 1 aliphatic heterocycles. The monoisotopic (exact) mass is 352 g/mol. The Balaban J connectivity index is 1.64. The smallest absolute Gasteiger partial charge is 0.237 e. The molecule has 0 aromatic heterocycles. The van der Waals surface area contributed by atoms with E-state index in [0.29, 0.717) is 6.54 Å². The molecule has 1 heterocycles. The van der Waals surface area contributed by atoms with Crippen LogP contribution in [0.15, 0.2) is 24.3 Å². The van der Waals surface area contributed by atoms with Crippen LogP contribution in [-0.2, 0) is 4.79 Å². The lowest BCUT2D eigenvalue weighted by Gasteiger charge is -2.36. The summed E-state index contributed by atoms with van der Waals surface area (Å²) < 4.78 is 0. The molecule has 1 aromatic rings. The van der Waals surface area contributed by atoms with Gasteiger partial charge in [0.05, 0.1) is 6.04 Å². The maximum absolute atomic E-state index is 11.8. The average molecular weight is 353 g/mol. The molecule has 2 rings (SSSR count). The number of rotatable bonds is 7. The molecule has 1 amide bonds. The largest absolute Gasteiger partial charge is 0.369 e. The fourth-order valence-electron chi connectivity index (χ4n) is 2.84. The van der Waals surface area contributed by atoms with E-state index in [-0.39, 0.29) is 11.8 Å². The van der Waals surface area contributed by atoms with Gasteiger partial charge in [0.15, 0.2) is 0 Å². The summed E-state index contributed by atoms with van der Waals surface area (Å²) in [6, 6.07) is 7.61. The van der Waals surface area contributed by atoms with Gasteiger partial charge in [0.25, 0.3) is 0 Å². The fraction of sp³-hybridized carbons (Fsp3) is 0.611. The quantitative estimate of drug-likeness (QED) is 0.736. The van der Waals surface area contributed by atoms with Crippen molar-refractivity contribution in [3.63, 3.8) is 0 Å². The Kier molecular flexibility index (Phi) is 7.34. The van der Waals surface area contributed by atoms with Gasteiger partial charge in [0, 0.05) is 43.4 Å². The minimum Gasteiger partial charge on any atom is -0.369 e. The first-order valence-electron chi connectivity index (χ1n) is 8.73. The molecule has 134 valence electrons. The maximum atomic E-state index is 11.8. The van der Waals surface area contributed by atoms with Crippen molar-refractivity contribution in [2.75, 3.05) is 44.2 Å². The van der Waals surface area contributed by atoms with Crippen LogP contribution in [0.5, 0.6) is 0 Å². The third-order valence-electron chi connectivity index (χ3n) is 4.52. The molecule has 0 unspecified atom stereocenters. The van der Waals surface area contributed by atoms with Crippen molar-refractivity contribution in [2.45, 2.75) is 26.3 Å². The molecule has 3 N–H and O–H groups in total. The summed E-state index contributed by atoms with van der Waals surface area (Å²) in [6.45, 7) is 9.69. The van der Waals surface area contributed by atoms with Crippen LogP contribution < -0.4 is 16.0 Å². The van der Waals surface area contributed by atoms with E-state index in [0.717, 1.165) is 44.2 Å². The van der Waals surface area contributed by atoms with Crippen LogP contribution in [0.25, 0.3) is 0 Å². The first-order valence-corrected chi connectivity index (χ1v) is 9.11. The normalized spacial score (nSPS) is 17.1. The Morgan fingerprint density at radius 2 is 2.00 bits per heavy atom. The Hall–Kier alpha value is -1.30. The standard InChI is InChI=1S/C18H29ClN4O/c1-14(2)17(20)18(24)21-7-4-8-22-9-11-23(12-10-22)16-6-3-5-15(19)13-16/h3,5-6,13-14,17H,4,7-12,20H2,1-2H3,(H,21,24)/t17-/m0/s1. The van der Waals surface area contributed by atoms with E-state index < -0.39 is 6.04 Å². The second-order valence-electron chi connectivity index (χ2n) is 6.72. The highest BCUT2D eigenvalue weighted by molar-refractivity contribution is 6.30. The van der Waals surface area contributed by atoms with E-state index in [1.807, 2.05) is 32.0 Å². The van der Waals surface area contributed by atoms with Crippen molar-refractivity contribution in [3.8, 4) is 0 Å². The lowest BCUT2D eigenvalue weighted by atomic mass is 10.1. The summed E-state index contributed by atoms with van der Waals surface area (Å²) >= 11 is 6.06. The number of carbonyl (C=O) groups excluding carboxylic acids is 1. The molecule has 0 spiro atoms. The summed E-state index contributed by atoms with van der Waals surface area (Å²) in [7, 11) is 0. The van der Waals surface area contributed by atoms with Crippen LogP contribution in [0.4, 0.5) is 5.69 Å². The van der Waals surface area contributed by atoms with Crippen molar-refractivity contribution >= 4 is 23.2 Å². The molecule has 1 fully saturated rings. The van der Waals surface area contributed by atoms with Crippen molar-refractivity contribution in [2.24, 2.45) is 11.7 Å². The molecule has 1 aliphatic rings. The van der Waals surface area contributed by atoms with Crippen molar-refractivity contribution < 1.29 is 4.79 Å². The Morgan fingerprint density at radius 3 is 2.62 bits per heavy atom. The summed E-state index contributed by atoms with van der Waals surface area (Å²) in [5, 5.41) is 3.71. The molecule has 6 heteroatoms. The minimum atomic E-state index is -0.411. The van der Waals surface area contributed by atoms with E-state index in [2.05, 4.69) is 21.2 Å². The van der Waals surface area contributed by atoms with E-state index >= 15 is 0 Å². The molecule has 0 aliphatic carbocycles. The third kappa shape index (κ3) is 5.65. The number of nitrogens with one attached hydrogen (secondary N) is 1. The summed E-state index contributed by atoms with van der Waals surface area (Å²) in [5.41, 5.74) is 7.02. The molecule has 1 saturated heterocycles. The van der Waals surface area contributed by atoms with Gasteiger partial charge in [0.1, 0.15) is 0 Å². The van der Waals surface area contributed by atoms with E-state index in [4.69, 9.17) is 17.3 Å². The zero-order chi connectivity index (χ0) is 17.5. The van der Waals surface area contributed by atoms with Crippen molar-refractivity contribution in [1.82, 2.24) is 10.2 Å². The van der Waals surface area contributed by atoms with Crippen molar-refractivity contribution in [1.29, 1.82) is 0 Å². The Labute approximate surface area is 150 Å². The average Bonchev–Trinajstić information content (AvgIpc) is 2.58. The lowest BCUT2D eigenvalue weighted by Crippen LogP contribution is -2.47. The number of carbonyl (C=O) groups is 1. The number of hydrogen-bond acceptors (Lipinski definition) is 4. The van der Waals surface area contributed by atoms with E-state index in [1.165, 1.54) is 5.69 Å². The maximum Gasteiger partial charge on any atom is 0.237 e. The number of nitrogens with zero attached hydrogens (tertiary/aromatic N) is 2.